The smallest absolute Gasteiger partial charge is 0.237 e. The Kier molecular flexibility index (Phi) is 5.77. The molecule has 0 aromatic heterocycles. The molecule has 1 rings (SSSR count). The molecule has 1 amide bonds. The average Bonchev–Trinajstić information content (AvgIpc) is 2.26. The fourth-order valence-corrected chi connectivity index (χ4v) is 1.80. The highest BCUT2D eigenvalue weighted by Crippen LogP contribution is 2.13. The van der Waals surface area contributed by atoms with Crippen molar-refractivity contribution >= 4 is 5.91 Å². The molecule has 0 aromatic rings. The van der Waals surface area contributed by atoms with Crippen molar-refractivity contribution in [3.05, 3.63) is 0 Å². The van der Waals surface area contributed by atoms with Crippen LogP contribution in [-0.2, 0) is 9.53 Å². The first kappa shape index (κ1) is 13.5. The van der Waals surface area contributed by atoms with Crippen LogP contribution in [0.25, 0.3) is 0 Å². The Balaban J connectivity index is 2.17. The van der Waals surface area contributed by atoms with Gasteiger partial charge in [0, 0.05) is 19.3 Å². The number of hydrogen-bond acceptors (Lipinski definition) is 3. The van der Waals surface area contributed by atoms with Crippen molar-refractivity contribution in [1.29, 1.82) is 0 Å². The average molecular weight is 228 g/mol. The summed E-state index contributed by atoms with van der Waals surface area (Å²) in [5, 5.41) is 6.19. The lowest BCUT2D eigenvalue weighted by Gasteiger charge is -2.24. The van der Waals surface area contributed by atoms with Gasteiger partial charge in [-0.15, -0.1) is 0 Å². The quantitative estimate of drug-likeness (QED) is 0.735. The van der Waals surface area contributed by atoms with E-state index >= 15 is 0 Å². The number of carbonyl (C=O) groups excluding carboxylic acids is 1. The van der Waals surface area contributed by atoms with Crippen LogP contribution in [0.2, 0.25) is 0 Å². The van der Waals surface area contributed by atoms with E-state index in [0.29, 0.717) is 5.92 Å². The fourth-order valence-electron chi connectivity index (χ4n) is 1.80. The molecule has 0 saturated carbocycles. The minimum Gasteiger partial charge on any atom is -0.381 e. The fraction of sp³-hybridized carbons (Fsp3) is 0.917. The summed E-state index contributed by atoms with van der Waals surface area (Å²) in [5.74, 6) is 0.741. The van der Waals surface area contributed by atoms with E-state index in [1.165, 1.54) is 0 Å². The molecule has 1 heterocycles. The molecule has 1 saturated heterocycles. The third-order valence-corrected chi connectivity index (χ3v) is 2.88. The summed E-state index contributed by atoms with van der Waals surface area (Å²) in [7, 11) is 0. The van der Waals surface area contributed by atoms with Crippen molar-refractivity contribution in [2.75, 3.05) is 19.8 Å². The van der Waals surface area contributed by atoms with Crippen molar-refractivity contribution in [3.63, 3.8) is 0 Å². The van der Waals surface area contributed by atoms with Gasteiger partial charge in [-0.3, -0.25) is 4.79 Å². The highest BCUT2D eigenvalue weighted by Gasteiger charge is 2.17. The van der Waals surface area contributed by atoms with Crippen LogP contribution in [0.3, 0.4) is 0 Å². The molecular formula is C12H24N2O2. The predicted molar refractivity (Wildman–Crippen MR) is 64.3 cm³/mol. The Labute approximate surface area is 98.1 Å². The summed E-state index contributed by atoms with van der Waals surface area (Å²) >= 11 is 0. The van der Waals surface area contributed by atoms with Crippen LogP contribution in [0.15, 0.2) is 0 Å². The molecule has 1 atom stereocenters. The third-order valence-electron chi connectivity index (χ3n) is 2.88. The molecule has 4 heteroatoms. The molecule has 0 aliphatic carbocycles. The summed E-state index contributed by atoms with van der Waals surface area (Å²) in [4.78, 5) is 11.6. The molecule has 1 aliphatic heterocycles. The highest BCUT2D eigenvalue weighted by molar-refractivity contribution is 5.81. The molecule has 2 N–H and O–H groups in total. The van der Waals surface area contributed by atoms with Gasteiger partial charge in [-0.1, -0.05) is 0 Å². The summed E-state index contributed by atoms with van der Waals surface area (Å²) in [6.07, 6.45) is 2.21. The van der Waals surface area contributed by atoms with Gasteiger partial charge in [-0.2, -0.15) is 0 Å². The Hall–Kier alpha value is -0.610. The maximum absolute atomic E-state index is 11.6. The molecule has 1 fully saturated rings. The van der Waals surface area contributed by atoms with E-state index in [1.807, 2.05) is 20.8 Å². The van der Waals surface area contributed by atoms with Crippen LogP contribution in [0.1, 0.15) is 33.6 Å². The Bertz CT molecular complexity index is 213. The second kappa shape index (κ2) is 6.86. The van der Waals surface area contributed by atoms with E-state index in [9.17, 15) is 4.79 Å². The maximum Gasteiger partial charge on any atom is 0.237 e. The van der Waals surface area contributed by atoms with E-state index < -0.39 is 0 Å². The van der Waals surface area contributed by atoms with Crippen molar-refractivity contribution in [2.24, 2.45) is 5.92 Å². The first-order valence-corrected chi connectivity index (χ1v) is 6.21. The number of nitrogens with one attached hydrogen (secondary N) is 2. The molecule has 1 aliphatic rings. The molecular weight excluding hydrogens is 204 g/mol. The molecule has 1 unspecified atom stereocenters. The van der Waals surface area contributed by atoms with Gasteiger partial charge >= 0.3 is 0 Å². The van der Waals surface area contributed by atoms with Crippen LogP contribution in [0.4, 0.5) is 0 Å². The molecule has 16 heavy (non-hydrogen) atoms. The van der Waals surface area contributed by atoms with Gasteiger partial charge in [0.15, 0.2) is 0 Å². The monoisotopic (exact) mass is 228 g/mol. The number of carbonyl (C=O) groups is 1. The predicted octanol–water partition coefficient (Wildman–Crippen LogP) is 0.916. The van der Waals surface area contributed by atoms with Crippen LogP contribution in [-0.4, -0.2) is 37.7 Å². The van der Waals surface area contributed by atoms with Gasteiger partial charge in [-0.05, 0) is 46.1 Å². The largest absolute Gasteiger partial charge is 0.381 e. The molecule has 0 aromatic carbocycles. The van der Waals surface area contributed by atoms with Gasteiger partial charge in [0.25, 0.3) is 0 Å². The Morgan fingerprint density at radius 3 is 2.50 bits per heavy atom. The zero-order chi connectivity index (χ0) is 12.0. The van der Waals surface area contributed by atoms with Crippen molar-refractivity contribution < 1.29 is 9.53 Å². The zero-order valence-corrected chi connectivity index (χ0v) is 10.6. The number of ether oxygens (including phenoxy) is 1. The van der Waals surface area contributed by atoms with E-state index in [4.69, 9.17) is 4.74 Å². The van der Waals surface area contributed by atoms with Crippen molar-refractivity contribution in [1.82, 2.24) is 10.6 Å². The normalized spacial score (nSPS) is 19.8. The maximum atomic E-state index is 11.6. The zero-order valence-electron chi connectivity index (χ0n) is 10.6. The molecule has 0 spiro atoms. The molecule has 4 nitrogen and oxygen atoms in total. The second-order valence-corrected chi connectivity index (χ2v) is 4.85. The highest BCUT2D eigenvalue weighted by atomic mass is 16.5. The SMILES string of the molecule is CC(C)NC(=O)C(C)NCC1CCOCC1. The minimum atomic E-state index is -0.106. The van der Waals surface area contributed by atoms with Crippen molar-refractivity contribution in [2.45, 2.75) is 45.7 Å². The van der Waals surface area contributed by atoms with E-state index in [2.05, 4.69) is 10.6 Å². The molecule has 0 bridgehead atoms. The van der Waals surface area contributed by atoms with E-state index in [-0.39, 0.29) is 18.0 Å². The minimum absolute atomic E-state index is 0.0852. The summed E-state index contributed by atoms with van der Waals surface area (Å²) < 4.78 is 5.30. The lowest BCUT2D eigenvalue weighted by atomic mass is 10.00. The number of amides is 1. The lowest BCUT2D eigenvalue weighted by Crippen LogP contribution is -2.46. The van der Waals surface area contributed by atoms with E-state index in [1.54, 1.807) is 0 Å². The lowest BCUT2D eigenvalue weighted by molar-refractivity contribution is -0.123. The summed E-state index contributed by atoms with van der Waals surface area (Å²) in [5.41, 5.74) is 0. The first-order chi connectivity index (χ1) is 7.59. The Morgan fingerprint density at radius 2 is 1.94 bits per heavy atom. The van der Waals surface area contributed by atoms with Crippen LogP contribution in [0.5, 0.6) is 0 Å². The third kappa shape index (κ3) is 4.94. The van der Waals surface area contributed by atoms with Crippen molar-refractivity contribution in [3.8, 4) is 0 Å². The Morgan fingerprint density at radius 1 is 1.31 bits per heavy atom. The van der Waals surface area contributed by atoms with Gasteiger partial charge in [-0.25, -0.2) is 0 Å². The topological polar surface area (TPSA) is 50.4 Å². The summed E-state index contributed by atoms with van der Waals surface area (Å²) in [6, 6.07) is 0.102. The molecule has 94 valence electrons. The van der Waals surface area contributed by atoms with Gasteiger partial charge in [0.1, 0.15) is 0 Å². The number of hydrogen-bond donors (Lipinski definition) is 2. The molecule has 0 radical (unpaired) electrons. The standard InChI is InChI=1S/C12H24N2O2/c1-9(2)14-12(15)10(3)13-8-11-4-6-16-7-5-11/h9-11,13H,4-8H2,1-3H3,(H,14,15). The van der Waals surface area contributed by atoms with Gasteiger partial charge in [0.05, 0.1) is 6.04 Å². The van der Waals surface area contributed by atoms with Crippen LogP contribution >= 0.6 is 0 Å². The first-order valence-electron chi connectivity index (χ1n) is 6.21. The van der Waals surface area contributed by atoms with Crippen LogP contribution < -0.4 is 10.6 Å². The van der Waals surface area contributed by atoms with Crippen LogP contribution in [0, 0.1) is 5.92 Å². The van der Waals surface area contributed by atoms with Gasteiger partial charge in [0.2, 0.25) is 5.91 Å². The summed E-state index contributed by atoms with van der Waals surface area (Å²) in [6.45, 7) is 8.50. The van der Waals surface area contributed by atoms with E-state index in [0.717, 1.165) is 32.6 Å². The second-order valence-electron chi connectivity index (χ2n) is 4.85. The van der Waals surface area contributed by atoms with Gasteiger partial charge < -0.3 is 15.4 Å². The number of rotatable bonds is 5.